The summed E-state index contributed by atoms with van der Waals surface area (Å²) in [5.41, 5.74) is 0. The van der Waals surface area contributed by atoms with Gasteiger partial charge in [0.05, 0.1) is 12.2 Å². The van der Waals surface area contributed by atoms with Gasteiger partial charge in [-0.15, -0.1) is 0 Å². The average molecular weight is 187 g/mol. The molecule has 0 radical (unpaired) electrons. The third kappa shape index (κ3) is 4.34. The van der Waals surface area contributed by atoms with E-state index < -0.39 is 0 Å². The third-order valence-corrected chi connectivity index (χ3v) is 1.56. The van der Waals surface area contributed by atoms with E-state index in [2.05, 4.69) is 0 Å². The SMILES string of the molecule is CC(OCCl)C(C)OCCl. The molecule has 0 heterocycles. The van der Waals surface area contributed by atoms with Crippen molar-refractivity contribution in [1.82, 2.24) is 0 Å². The van der Waals surface area contributed by atoms with Gasteiger partial charge in [0.2, 0.25) is 0 Å². The summed E-state index contributed by atoms with van der Waals surface area (Å²) in [6.45, 7) is 3.78. The molecule has 0 aliphatic heterocycles. The highest BCUT2D eigenvalue weighted by Gasteiger charge is 2.11. The van der Waals surface area contributed by atoms with Gasteiger partial charge in [-0.3, -0.25) is 0 Å². The summed E-state index contributed by atoms with van der Waals surface area (Å²) < 4.78 is 10.1. The molecule has 0 N–H and O–H groups in total. The minimum absolute atomic E-state index is 0.00347. The summed E-state index contributed by atoms with van der Waals surface area (Å²) >= 11 is 10.7. The van der Waals surface area contributed by atoms with Crippen LogP contribution in [0.1, 0.15) is 13.8 Å². The number of rotatable bonds is 5. The van der Waals surface area contributed by atoms with E-state index in [-0.39, 0.29) is 24.3 Å². The lowest BCUT2D eigenvalue weighted by molar-refractivity contribution is -0.0290. The normalized spacial score (nSPS) is 16.8. The quantitative estimate of drug-likeness (QED) is 0.614. The van der Waals surface area contributed by atoms with Crippen LogP contribution in [0.5, 0.6) is 0 Å². The Balaban J connectivity index is 3.38. The Morgan fingerprint density at radius 1 is 1.00 bits per heavy atom. The van der Waals surface area contributed by atoms with Crippen LogP contribution in [-0.2, 0) is 9.47 Å². The second-order valence-electron chi connectivity index (χ2n) is 1.96. The highest BCUT2D eigenvalue weighted by molar-refractivity contribution is 6.17. The first-order chi connectivity index (χ1) is 4.72. The zero-order valence-corrected chi connectivity index (χ0v) is 7.65. The number of halogens is 2. The van der Waals surface area contributed by atoms with Crippen molar-refractivity contribution in [2.45, 2.75) is 26.1 Å². The summed E-state index contributed by atoms with van der Waals surface area (Å²) in [6.07, 6.45) is -0.00694. The second kappa shape index (κ2) is 6.23. The van der Waals surface area contributed by atoms with Crippen LogP contribution in [0.2, 0.25) is 0 Å². The first-order valence-corrected chi connectivity index (χ1v) is 4.14. The molecule has 2 unspecified atom stereocenters. The molecule has 2 atom stereocenters. The maximum absolute atomic E-state index is 5.33. The fourth-order valence-corrected chi connectivity index (χ4v) is 0.867. The number of hydrogen-bond donors (Lipinski definition) is 0. The first-order valence-electron chi connectivity index (χ1n) is 3.07. The number of ether oxygens (including phenoxy) is 2. The van der Waals surface area contributed by atoms with Gasteiger partial charge >= 0.3 is 0 Å². The van der Waals surface area contributed by atoms with Gasteiger partial charge in [-0.25, -0.2) is 0 Å². The predicted molar refractivity (Wildman–Crippen MR) is 42.5 cm³/mol. The minimum atomic E-state index is -0.00347. The summed E-state index contributed by atoms with van der Waals surface area (Å²) in [7, 11) is 0. The van der Waals surface area contributed by atoms with Gasteiger partial charge in [-0.05, 0) is 13.8 Å². The lowest BCUT2D eigenvalue weighted by atomic mass is 10.3. The monoisotopic (exact) mass is 186 g/mol. The summed E-state index contributed by atoms with van der Waals surface area (Å²) in [5.74, 6) is 0. The Morgan fingerprint density at radius 3 is 1.50 bits per heavy atom. The Labute approximate surface area is 71.4 Å². The molecule has 62 valence electrons. The topological polar surface area (TPSA) is 18.5 Å². The molecule has 0 fully saturated rings. The fraction of sp³-hybridized carbons (Fsp3) is 1.00. The lowest BCUT2D eigenvalue weighted by Gasteiger charge is -2.17. The van der Waals surface area contributed by atoms with Crippen molar-refractivity contribution in [2.24, 2.45) is 0 Å². The molecule has 0 aliphatic rings. The van der Waals surface area contributed by atoms with E-state index >= 15 is 0 Å². The molecule has 4 heteroatoms. The number of hydrogen-bond acceptors (Lipinski definition) is 2. The second-order valence-corrected chi connectivity index (χ2v) is 2.40. The van der Waals surface area contributed by atoms with Crippen molar-refractivity contribution < 1.29 is 9.47 Å². The Bertz CT molecular complexity index is 70.1. The highest BCUT2D eigenvalue weighted by Crippen LogP contribution is 2.03. The molecule has 0 aliphatic carbocycles. The van der Waals surface area contributed by atoms with Gasteiger partial charge in [-0.2, -0.15) is 0 Å². The van der Waals surface area contributed by atoms with Crippen molar-refractivity contribution in [3.63, 3.8) is 0 Å². The smallest absolute Gasteiger partial charge is 0.121 e. The van der Waals surface area contributed by atoms with Gasteiger partial charge in [0.15, 0.2) is 0 Å². The van der Waals surface area contributed by atoms with Crippen LogP contribution in [0.4, 0.5) is 0 Å². The molecule has 0 rings (SSSR count). The molecule has 0 saturated carbocycles. The minimum Gasteiger partial charge on any atom is -0.360 e. The zero-order valence-electron chi connectivity index (χ0n) is 6.14. The van der Waals surface area contributed by atoms with Crippen molar-refractivity contribution in [2.75, 3.05) is 12.1 Å². The Hall–Kier alpha value is 0.500. The van der Waals surface area contributed by atoms with E-state index in [9.17, 15) is 0 Å². The maximum Gasteiger partial charge on any atom is 0.121 e. The predicted octanol–water partition coefficient (Wildman–Crippen LogP) is 2.19. The standard InChI is InChI=1S/C6H12Cl2O2/c1-5(9-3-7)6(2)10-4-8/h5-6H,3-4H2,1-2H3. The molecule has 0 aromatic carbocycles. The Morgan fingerprint density at radius 2 is 1.30 bits per heavy atom. The van der Waals surface area contributed by atoms with E-state index in [0.29, 0.717) is 0 Å². The van der Waals surface area contributed by atoms with Crippen LogP contribution in [0.3, 0.4) is 0 Å². The fourth-order valence-electron chi connectivity index (χ4n) is 0.470. The molecule has 10 heavy (non-hydrogen) atoms. The van der Waals surface area contributed by atoms with Crippen LogP contribution < -0.4 is 0 Å². The average Bonchev–Trinajstić information content (AvgIpc) is 1.89. The van der Waals surface area contributed by atoms with Crippen molar-refractivity contribution in [1.29, 1.82) is 0 Å². The molecular weight excluding hydrogens is 175 g/mol. The third-order valence-electron chi connectivity index (χ3n) is 1.31. The highest BCUT2D eigenvalue weighted by atomic mass is 35.5. The summed E-state index contributed by atoms with van der Waals surface area (Å²) in [6, 6.07) is 0.383. The van der Waals surface area contributed by atoms with E-state index in [1.807, 2.05) is 13.8 Å². The van der Waals surface area contributed by atoms with Gasteiger partial charge in [-0.1, -0.05) is 23.2 Å². The zero-order chi connectivity index (χ0) is 7.98. The first kappa shape index (κ1) is 10.5. The van der Waals surface area contributed by atoms with Gasteiger partial charge in [0, 0.05) is 0 Å². The van der Waals surface area contributed by atoms with Crippen LogP contribution in [0.15, 0.2) is 0 Å². The van der Waals surface area contributed by atoms with Crippen molar-refractivity contribution in [3.05, 3.63) is 0 Å². The van der Waals surface area contributed by atoms with Crippen molar-refractivity contribution >= 4 is 23.2 Å². The molecular formula is C6H12Cl2O2. The van der Waals surface area contributed by atoms with Gasteiger partial charge in [0.1, 0.15) is 12.1 Å². The molecule has 0 bridgehead atoms. The van der Waals surface area contributed by atoms with Crippen LogP contribution >= 0.6 is 23.2 Å². The molecule has 0 saturated heterocycles. The molecule has 0 spiro atoms. The van der Waals surface area contributed by atoms with Crippen LogP contribution in [0, 0.1) is 0 Å². The van der Waals surface area contributed by atoms with Crippen molar-refractivity contribution in [3.8, 4) is 0 Å². The van der Waals surface area contributed by atoms with Gasteiger partial charge < -0.3 is 9.47 Å². The number of alkyl halides is 2. The summed E-state index contributed by atoms with van der Waals surface area (Å²) in [5, 5.41) is 0. The maximum atomic E-state index is 5.33. The van der Waals surface area contributed by atoms with E-state index in [4.69, 9.17) is 32.7 Å². The van der Waals surface area contributed by atoms with Gasteiger partial charge in [0.25, 0.3) is 0 Å². The van der Waals surface area contributed by atoms with E-state index in [1.54, 1.807) is 0 Å². The summed E-state index contributed by atoms with van der Waals surface area (Å²) in [4.78, 5) is 0. The Kier molecular flexibility index (Phi) is 6.54. The van der Waals surface area contributed by atoms with Crippen LogP contribution in [-0.4, -0.2) is 24.3 Å². The molecule has 0 aromatic rings. The lowest BCUT2D eigenvalue weighted by Crippen LogP contribution is -2.25. The van der Waals surface area contributed by atoms with E-state index in [0.717, 1.165) is 0 Å². The molecule has 0 aromatic heterocycles. The molecule has 2 nitrogen and oxygen atoms in total. The van der Waals surface area contributed by atoms with E-state index in [1.165, 1.54) is 0 Å². The molecule has 0 amide bonds. The van der Waals surface area contributed by atoms with Crippen LogP contribution in [0.25, 0.3) is 0 Å². The largest absolute Gasteiger partial charge is 0.360 e.